The van der Waals surface area contributed by atoms with E-state index in [2.05, 4.69) is 20.5 Å². The molecule has 2 rings (SSSR count). The summed E-state index contributed by atoms with van der Waals surface area (Å²) in [5.74, 6) is -0.522. The van der Waals surface area contributed by atoms with Crippen molar-refractivity contribution in [2.75, 3.05) is 0 Å². The van der Waals surface area contributed by atoms with E-state index in [1.54, 1.807) is 0 Å². The Morgan fingerprint density at radius 2 is 1.88 bits per heavy atom. The molecular weight excluding hydrogens is 447 g/mol. The molecule has 25 heavy (non-hydrogen) atoms. The Bertz CT molecular complexity index is 806. The van der Waals surface area contributed by atoms with Gasteiger partial charge in [-0.15, -0.1) is 0 Å². The molecule has 3 nitrogen and oxygen atoms in total. The summed E-state index contributed by atoms with van der Waals surface area (Å²) < 4.78 is 67.3. The minimum atomic E-state index is -5.05. The molecule has 0 saturated heterocycles. The molecule has 0 aliphatic carbocycles. The van der Waals surface area contributed by atoms with Crippen LogP contribution in [0.15, 0.2) is 40.9 Å². The topological polar surface area (TPSA) is 46.5 Å². The summed E-state index contributed by atoms with van der Waals surface area (Å²) in [5.41, 5.74) is 0.980. The molecule has 2 aromatic rings. The van der Waals surface area contributed by atoms with Crippen molar-refractivity contribution in [1.82, 2.24) is 0 Å². The van der Waals surface area contributed by atoms with Gasteiger partial charge < -0.3 is 9.42 Å². The van der Waals surface area contributed by atoms with E-state index in [4.69, 9.17) is 4.89 Å². The molecule has 0 aromatic heterocycles. The second kappa shape index (κ2) is 8.58. The first-order chi connectivity index (χ1) is 11.7. The number of alkyl halides is 2. The van der Waals surface area contributed by atoms with Crippen LogP contribution in [0.5, 0.6) is 5.75 Å². The molecule has 2 aromatic carbocycles. The molecule has 136 valence electrons. The van der Waals surface area contributed by atoms with E-state index in [0.29, 0.717) is 5.75 Å². The van der Waals surface area contributed by atoms with Gasteiger partial charge in [0.1, 0.15) is 17.4 Å². The SMILES string of the molecule is O=P(O)(Oc1ccc(CSCc2cc(F)ccc2F)cc1Br)C(F)F. The first kappa shape index (κ1) is 20.3. The fraction of sp³-hybridized carbons (Fsp3) is 0.200. The molecule has 0 fully saturated rings. The summed E-state index contributed by atoms with van der Waals surface area (Å²) in [4.78, 5) is 9.05. The lowest BCUT2D eigenvalue weighted by Crippen LogP contribution is -2.01. The number of hydrogen-bond acceptors (Lipinski definition) is 3. The van der Waals surface area contributed by atoms with Gasteiger partial charge in [-0.3, -0.25) is 0 Å². The molecule has 1 N–H and O–H groups in total. The summed E-state index contributed by atoms with van der Waals surface area (Å²) >= 11 is 4.41. The monoisotopic (exact) mass is 458 g/mol. The fourth-order valence-electron chi connectivity index (χ4n) is 1.82. The van der Waals surface area contributed by atoms with Crippen molar-refractivity contribution in [2.24, 2.45) is 0 Å². The molecule has 0 heterocycles. The number of benzene rings is 2. The number of rotatable bonds is 7. The maximum absolute atomic E-state index is 13.5. The Labute approximate surface area is 154 Å². The third-order valence-electron chi connectivity index (χ3n) is 3.01. The zero-order chi connectivity index (χ0) is 18.6. The Hall–Kier alpha value is -1.02. The molecule has 1 unspecified atom stereocenters. The van der Waals surface area contributed by atoms with Gasteiger partial charge in [0, 0.05) is 17.1 Å². The molecule has 0 amide bonds. The van der Waals surface area contributed by atoms with Crippen LogP contribution >= 0.6 is 35.3 Å². The van der Waals surface area contributed by atoms with Crippen LogP contribution in [0.25, 0.3) is 0 Å². The summed E-state index contributed by atoms with van der Waals surface area (Å²) in [5, 5.41) is 0. The van der Waals surface area contributed by atoms with Gasteiger partial charge in [-0.1, -0.05) is 6.07 Å². The van der Waals surface area contributed by atoms with Crippen LogP contribution in [0.2, 0.25) is 0 Å². The van der Waals surface area contributed by atoms with Gasteiger partial charge in [-0.2, -0.15) is 20.5 Å². The van der Waals surface area contributed by atoms with Crippen molar-refractivity contribution in [1.29, 1.82) is 0 Å². The van der Waals surface area contributed by atoms with E-state index in [1.165, 1.54) is 30.0 Å². The molecular formula is C15H12BrF4O3PS. The average molecular weight is 459 g/mol. The van der Waals surface area contributed by atoms with Crippen LogP contribution in [0.4, 0.5) is 17.6 Å². The minimum Gasteiger partial charge on any atom is -0.420 e. The summed E-state index contributed by atoms with van der Waals surface area (Å²) in [7, 11) is -5.05. The molecule has 1 atom stereocenters. The van der Waals surface area contributed by atoms with Crippen molar-refractivity contribution < 1.29 is 31.5 Å². The van der Waals surface area contributed by atoms with Crippen LogP contribution in [-0.2, 0) is 16.1 Å². The minimum absolute atomic E-state index is 0.184. The normalized spacial score (nSPS) is 13.7. The van der Waals surface area contributed by atoms with Gasteiger partial charge in [0.2, 0.25) is 0 Å². The van der Waals surface area contributed by atoms with Gasteiger partial charge >= 0.3 is 13.8 Å². The summed E-state index contributed by atoms with van der Waals surface area (Å²) in [6.45, 7) is 0. The van der Waals surface area contributed by atoms with Crippen LogP contribution in [0.1, 0.15) is 11.1 Å². The Kier molecular flexibility index (Phi) is 6.96. The summed E-state index contributed by atoms with van der Waals surface area (Å²) in [6.07, 6.45) is -3.50. The van der Waals surface area contributed by atoms with Gasteiger partial charge in [0.15, 0.2) is 0 Å². The quantitative estimate of drug-likeness (QED) is 0.411. The van der Waals surface area contributed by atoms with Crippen LogP contribution in [0.3, 0.4) is 0 Å². The predicted octanol–water partition coefficient (Wildman–Crippen LogP) is 5.95. The zero-order valence-corrected chi connectivity index (χ0v) is 15.8. The third-order valence-corrected chi connectivity index (χ3v) is 5.63. The molecule has 0 spiro atoms. The van der Waals surface area contributed by atoms with Crippen molar-refractivity contribution in [3.05, 3.63) is 63.6 Å². The van der Waals surface area contributed by atoms with Crippen molar-refractivity contribution in [2.45, 2.75) is 17.7 Å². The van der Waals surface area contributed by atoms with Crippen LogP contribution in [-0.4, -0.2) is 11.1 Å². The highest BCUT2D eigenvalue weighted by atomic mass is 79.9. The Morgan fingerprint density at radius 3 is 2.52 bits per heavy atom. The summed E-state index contributed by atoms with van der Waals surface area (Å²) in [6, 6.07) is 7.57. The molecule has 0 bridgehead atoms. The van der Waals surface area contributed by atoms with Gasteiger partial charge in [-0.05, 0) is 51.8 Å². The van der Waals surface area contributed by atoms with E-state index >= 15 is 0 Å². The van der Waals surface area contributed by atoms with E-state index in [9.17, 15) is 22.1 Å². The van der Waals surface area contributed by atoms with E-state index in [-0.39, 0.29) is 21.5 Å². The van der Waals surface area contributed by atoms with Gasteiger partial charge in [-0.25, -0.2) is 13.3 Å². The Morgan fingerprint density at radius 1 is 1.16 bits per heavy atom. The molecule has 0 aliphatic rings. The fourth-order valence-corrected chi connectivity index (χ4v) is 3.93. The second-order valence-corrected chi connectivity index (χ2v) is 8.47. The molecule has 0 saturated carbocycles. The van der Waals surface area contributed by atoms with Crippen LogP contribution in [0, 0.1) is 11.6 Å². The van der Waals surface area contributed by atoms with Gasteiger partial charge in [0.25, 0.3) is 0 Å². The maximum Gasteiger partial charge on any atom is 0.442 e. The number of hydrogen-bond donors (Lipinski definition) is 1. The largest absolute Gasteiger partial charge is 0.442 e. The van der Waals surface area contributed by atoms with Gasteiger partial charge in [0.05, 0.1) is 4.47 Å². The zero-order valence-electron chi connectivity index (χ0n) is 12.5. The molecule has 0 radical (unpaired) electrons. The van der Waals surface area contributed by atoms with E-state index in [1.807, 2.05) is 0 Å². The first-order valence-electron chi connectivity index (χ1n) is 6.79. The highest BCUT2D eigenvalue weighted by Gasteiger charge is 2.34. The Balaban J connectivity index is 1.99. The highest BCUT2D eigenvalue weighted by Crippen LogP contribution is 2.50. The third kappa shape index (κ3) is 5.74. The lowest BCUT2D eigenvalue weighted by molar-refractivity contribution is 0.188. The smallest absolute Gasteiger partial charge is 0.420 e. The predicted molar refractivity (Wildman–Crippen MR) is 92.0 cm³/mol. The van der Waals surface area contributed by atoms with E-state index in [0.717, 1.165) is 23.8 Å². The number of halogens is 5. The average Bonchev–Trinajstić information content (AvgIpc) is 2.53. The molecule has 10 heteroatoms. The van der Waals surface area contributed by atoms with Crippen molar-refractivity contribution in [3.8, 4) is 5.75 Å². The highest BCUT2D eigenvalue weighted by molar-refractivity contribution is 9.10. The number of thioether (sulfide) groups is 1. The molecule has 0 aliphatic heterocycles. The lowest BCUT2D eigenvalue weighted by atomic mass is 10.2. The van der Waals surface area contributed by atoms with Crippen molar-refractivity contribution >= 4 is 35.3 Å². The van der Waals surface area contributed by atoms with Crippen LogP contribution < -0.4 is 4.52 Å². The van der Waals surface area contributed by atoms with E-state index < -0.39 is 25.4 Å². The van der Waals surface area contributed by atoms with Crippen molar-refractivity contribution in [3.63, 3.8) is 0 Å². The standard InChI is InChI=1S/C15H12BrF4O3PS/c16-12-5-9(1-4-14(12)23-24(21,22)15(19)20)7-25-8-10-6-11(17)2-3-13(10)18/h1-6,15H,7-8H2,(H,21,22). The maximum atomic E-state index is 13.5. The first-order valence-corrected chi connectivity index (χ1v) is 10.4. The lowest BCUT2D eigenvalue weighted by Gasteiger charge is -2.14. The second-order valence-electron chi connectivity index (χ2n) is 4.93.